The zero-order valence-corrected chi connectivity index (χ0v) is 19.0. The number of nitrogen functional groups attached to an aromatic ring is 1. The summed E-state index contributed by atoms with van der Waals surface area (Å²) in [6.07, 6.45) is 1.66. The van der Waals surface area contributed by atoms with Crippen molar-refractivity contribution in [3.05, 3.63) is 82.4 Å². The van der Waals surface area contributed by atoms with E-state index in [1.54, 1.807) is 19.1 Å². The second-order valence-electron chi connectivity index (χ2n) is 7.99. The van der Waals surface area contributed by atoms with E-state index >= 15 is 0 Å². The Bertz CT molecular complexity index is 1480. The Kier molecular flexibility index (Phi) is 6.33. The number of hydrogen-bond acceptors (Lipinski definition) is 6. The fourth-order valence-corrected chi connectivity index (χ4v) is 4.12. The van der Waals surface area contributed by atoms with Gasteiger partial charge >= 0.3 is 5.97 Å². The monoisotopic (exact) mass is 474 g/mol. The van der Waals surface area contributed by atoms with E-state index in [1.165, 1.54) is 29.9 Å². The standard InChI is InChI=1S/C26H21FN3O5/c1-14-20(11-17-5-3-4-6-19(17)16-7-9-18(27)10-8-16)30-25(24(14)28)26(35-13-22(33)34)23(15(2)29-30)21(32)12-31/h3-10H,11,13,28H2,1-2H3,(H,33,34). The maximum absolute atomic E-state index is 13.5. The molecule has 1 radical (unpaired) electrons. The molecule has 0 spiro atoms. The van der Waals surface area contributed by atoms with Gasteiger partial charge in [-0.3, -0.25) is 9.59 Å². The Morgan fingerprint density at radius 1 is 1.14 bits per heavy atom. The lowest BCUT2D eigenvalue weighted by molar-refractivity contribution is -0.139. The van der Waals surface area contributed by atoms with E-state index < -0.39 is 18.4 Å². The fraction of sp³-hybridized carbons (Fsp3) is 0.154. The van der Waals surface area contributed by atoms with Gasteiger partial charge in [-0.1, -0.05) is 36.4 Å². The lowest BCUT2D eigenvalue weighted by Crippen LogP contribution is -2.16. The van der Waals surface area contributed by atoms with Gasteiger partial charge in [-0.15, -0.1) is 0 Å². The molecular formula is C26H21FN3O5. The summed E-state index contributed by atoms with van der Waals surface area (Å²) in [6, 6.07) is 13.8. The number of hydrogen-bond donors (Lipinski definition) is 2. The molecule has 0 amide bonds. The molecule has 2 aromatic heterocycles. The number of Topliss-reactive ketones (excluding diaryl/α,β-unsaturated/α-hetero) is 1. The molecule has 0 saturated heterocycles. The molecule has 2 aromatic carbocycles. The minimum Gasteiger partial charge on any atom is -0.479 e. The number of ether oxygens (including phenoxy) is 1. The average Bonchev–Trinajstić information content (AvgIpc) is 3.07. The smallest absolute Gasteiger partial charge is 0.341 e. The molecule has 0 unspecified atom stereocenters. The highest BCUT2D eigenvalue weighted by molar-refractivity contribution is 6.35. The molecule has 4 rings (SSSR count). The Morgan fingerprint density at radius 2 is 1.83 bits per heavy atom. The Morgan fingerprint density at radius 3 is 2.49 bits per heavy atom. The van der Waals surface area contributed by atoms with Crippen LogP contribution in [0.25, 0.3) is 16.6 Å². The molecule has 4 aromatic rings. The lowest BCUT2D eigenvalue weighted by atomic mass is 9.96. The van der Waals surface area contributed by atoms with Crippen LogP contribution in [0, 0.1) is 19.7 Å². The van der Waals surface area contributed by atoms with E-state index in [-0.39, 0.29) is 34.0 Å². The van der Waals surface area contributed by atoms with Crippen molar-refractivity contribution in [2.24, 2.45) is 0 Å². The first-order valence-electron chi connectivity index (χ1n) is 10.6. The molecular weight excluding hydrogens is 453 g/mol. The zero-order valence-electron chi connectivity index (χ0n) is 19.0. The van der Waals surface area contributed by atoms with Gasteiger partial charge in [0.15, 0.2) is 12.4 Å². The number of halogens is 1. The van der Waals surface area contributed by atoms with Crippen molar-refractivity contribution in [2.75, 3.05) is 12.3 Å². The lowest BCUT2D eigenvalue weighted by Gasteiger charge is -2.14. The number of benzene rings is 2. The first-order chi connectivity index (χ1) is 16.7. The number of fused-ring (bicyclic) bond motifs is 1. The fourth-order valence-electron chi connectivity index (χ4n) is 4.12. The first-order valence-corrected chi connectivity index (χ1v) is 10.6. The largest absolute Gasteiger partial charge is 0.479 e. The van der Waals surface area contributed by atoms with Crippen LogP contribution in [0.1, 0.15) is 32.9 Å². The molecule has 0 saturated carbocycles. The zero-order chi connectivity index (χ0) is 25.3. The van der Waals surface area contributed by atoms with Crippen molar-refractivity contribution in [3.8, 4) is 16.9 Å². The number of ketones is 1. The van der Waals surface area contributed by atoms with Crippen molar-refractivity contribution < 1.29 is 28.6 Å². The topological polar surface area (TPSA) is 124 Å². The third kappa shape index (κ3) is 4.35. The van der Waals surface area contributed by atoms with Gasteiger partial charge in [-0.05, 0) is 48.2 Å². The summed E-state index contributed by atoms with van der Waals surface area (Å²) in [5, 5.41) is 13.6. The second kappa shape index (κ2) is 9.38. The molecule has 0 aliphatic carbocycles. The third-order valence-corrected chi connectivity index (χ3v) is 5.80. The number of aromatic nitrogens is 2. The minimum absolute atomic E-state index is 0.132. The maximum atomic E-state index is 13.5. The number of anilines is 1. The average molecular weight is 474 g/mol. The highest BCUT2D eigenvalue weighted by atomic mass is 19.1. The number of carbonyl (C=O) groups is 2. The molecule has 3 N–H and O–H groups in total. The first kappa shape index (κ1) is 23.6. The number of nitrogens with two attached hydrogens (primary N) is 1. The van der Waals surface area contributed by atoms with Crippen LogP contribution in [-0.2, 0) is 16.0 Å². The molecule has 177 valence electrons. The molecule has 2 heterocycles. The maximum Gasteiger partial charge on any atom is 0.341 e. The molecule has 35 heavy (non-hydrogen) atoms. The van der Waals surface area contributed by atoms with E-state index in [2.05, 4.69) is 5.10 Å². The highest BCUT2D eigenvalue weighted by Crippen LogP contribution is 2.37. The summed E-state index contributed by atoms with van der Waals surface area (Å²) in [7, 11) is 0. The predicted octanol–water partition coefficient (Wildman–Crippen LogP) is 3.69. The molecule has 9 heteroatoms. The van der Waals surface area contributed by atoms with Gasteiger partial charge in [0.1, 0.15) is 11.3 Å². The van der Waals surface area contributed by atoms with Crippen LogP contribution in [-0.4, -0.2) is 39.4 Å². The normalized spacial score (nSPS) is 10.9. The quantitative estimate of drug-likeness (QED) is 0.295. The molecule has 0 aliphatic rings. The van der Waals surface area contributed by atoms with E-state index in [0.29, 0.717) is 17.7 Å². The van der Waals surface area contributed by atoms with Gasteiger partial charge in [0.25, 0.3) is 6.29 Å². The summed E-state index contributed by atoms with van der Waals surface area (Å²) >= 11 is 0. The van der Waals surface area contributed by atoms with Crippen LogP contribution in [0.2, 0.25) is 0 Å². The third-order valence-electron chi connectivity index (χ3n) is 5.80. The van der Waals surface area contributed by atoms with Crippen LogP contribution < -0.4 is 10.5 Å². The van der Waals surface area contributed by atoms with E-state index in [9.17, 15) is 18.8 Å². The molecule has 0 aliphatic heterocycles. The van der Waals surface area contributed by atoms with Gasteiger partial charge < -0.3 is 15.6 Å². The van der Waals surface area contributed by atoms with Crippen molar-refractivity contribution in [1.29, 1.82) is 0 Å². The summed E-state index contributed by atoms with van der Waals surface area (Å²) in [4.78, 5) is 34.6. The van der Waals surface area contributed by atoms with Gasteiger partial charge in [-0.25, -0.2) is 13.7 Å². The molecule has 0 atom stereocenters. The Hall–Kier alpha value is -4.53. The number of carboxylic acid groups (broad SMARTS) is 1. The van der Waals surface area contributed by atoms with Crippen molar-refractivity contribution in [3.63, 3.8) is 0 Å². The van der Waals surface area contributed by atoms with E-state index in [0.717, 1.165) is 16.7 Å². The predicted molar refractivity (Wildman–Crippen MR) is 127 cm³/mol. The van der Waals surface area contributed by atoms with Gasteiger partial charge in [0.05, 0.1) is 22.6 Å². The van der Waals surface area contributed by atoms with Crippen LogP contribution in [0.4, 0.5) is 10.1 Å². The van der Waals surface area contributed by atoms with E-state index in [4.69, 9.17) is 15.6 Å². The number of rotatable bonds is 8. The molecule has 0 bridgehead atoms. The number of aryl methyl sites for hydroxylation is 1. The minimum atomic E-state index is -1.26. The van der Waals surface area contributed by atoms with Crippen LogP contribution in [0.15, 0.2) is 48.5 Å². The van der Waals surface area contributed by atoms with Crippen LogP contribution >= 0.6 is 0 Å². The van der Waals surface area contributed by atoms with Crippen molar-refractivity contribution in [1.82, 2.24) is 9.61 Å². The highest BCUT2D eigenvalue weighted by Gasteiger charge is 2.27. The van der Waals surface area contributed by atoms with Crippen molar-refractivity contribution >= 4 is 29.2 Å². The summed E-state index contributed by atoms with van der Waals surface area (Å²) < 4.78 is 20.4. The van der Waals surface area contributed by atoms with Crippen molar-refractivity contribution in [2.45, 2.75) is 20.3 Å². The van der Waals surface area contributed by atoms with Gasteiger partial charge in [0, 0.05) is 6.42 Å². The molecule has 0 fully saturated rings. The number of nitrogens with zero attached hydrogens (tertiary/aromatic N) is 2. The van der Waals surface area contributed by atoms with Gasteiger partial charge in [0.2, 0.25) is 5.78 Å². The number of carbonyl (C=O) groups excluding carboxylic acids is 2. The summed E-state index contributed by atoms with van der Waals surface area (Å²) in [6.45, 7) is 2.55. The van der Waals surface area contributed by atoms with Gasteiger partial charge in [-0.2, -0.15) is 5.10 Å². The summed E-state index contributed by atoms with van der Waals surface area (Å²) in [5.74, 6) is -2.74. The SMILES string of the molecule is Cc1nn2c(Cc3ccccc3-c3ccc(F)cc3)c(C)c(N)c2c(OCC(=O)O)c1C(=O)[C]=O. The number of aliphatic carboxylic acids is 1. The Labute approximate surface area is 199 Å². The van der Waals surface area contributed by atoms with E-state index in [1.807, 2.05) is 24.3 Å². The van der Waals surface area contributed by atoms with Crippen LogP contribution in [0.5, 0.6) is 5.75 Å². The summed E-state index contributed by atoms with van der Waals surface area (Å²) in [5.41, 5.74) is 10.8. The Balaban J connectivity index is 1.92. The molecule has 8 nitrogen and oxygen atoms in total. The number of carboxylic acids is 1. The second-order valence-corrected chi connectivity index (χ2v) is 7.99. The van der Waals surface area contributed by atoms with Crippen LogP contribution in [0.3, 0.4) is 0 Å².